The van der Waals surface area contributed by atoms with Crippen molar-refractivity contribution in [3.8, 4) is 11.5 Å². The van der Waals surface area contributed by atoms with Gasteiger partial charge in [0.2, 0.25) is 12.7 Å². The van der Waals surface area contributed by atoms with Crippen LogP contribution in [0.5, 0.6) is 11.5 Å². The fourth-order valence-electron chi connectivity index (χ4n) is 2.15. The van der Waals surface area contributed by atoms with E-state index in [-0.39, 0.29) is 18.7 Å². The van der Waals surface area contributed by atoms with Crippen LogP contribution in [0.4, 0.5) is 0 Å². The van der Waals surface area contributed by atoms with Crippen molar-refractivity contribution in [1.82, 2.24) is 10.6 Å². The maximum Gasteiger partial charge on any atom is 0.237 e. The molecule has 1 aliphatic rings. The van der Waals surface area contributed by atoms with Crippen molar-refractivity contribution in [3.63, 3.8) is 0 Å². The number of amides is 1. The minimum absolute atomic E-state index is 0.0192. The third-order valence-electron chi connectivity index (χ3n) is 3.46. The van der Waals surface area contributed by atoms with E-state index in [1.807, 2.05) is 36.6 Å². The summed E-state index contributed by atoms with van der Waals surface area (Å²) >= 11 is 1.68. The second kappa shape index (κ2) is 6.81. The smallest absolute Gasteiger partial charge is 0.237 e. The summed E-state index contributed by atoms with van der Waals surface area (Å²) in [6, 6.07) is 9.50. The molecule has 0 saturated heterocycles. The Morgan fingerprint density at radius 1 is 1.27 bits per heavy atom. The van der Waals surface area contributed by atoms with Crippen LogP contribution in [0.3, 0.4) is 0 Å². The zero-order valence-corrected chi connectivity index (χ0v) is 13.1. The number of hydrogen-bond donors (Lipinski definition) is 2. The van der Waals surface area contributed by atoms with Crippen LogP contribution < -0.4 is 20.1 Å². The minimum Gasteiger partial charge on any atom is -0.454 e. The lowest BCUT2D eigenvalue weighted by atomic mass is 10.2. The van der Waals surface area contributed by atoms with Gasteiger partial charge in [-0.25, -0.2) is 0 Å². The second-order valence-corrected chi connectivity index (χ2v) is 6.12. The van der Waals surface area contributed by atoms with E-state index < -0.39 is 0 Å². The van der Waals surface area contributed by atoms with Crippen LogP contribution in [0.2, 0.25) is 0 Å². The molecule has 2 aromatic rings. The van der Waals surface area contributed by atoms with Crippen LogP contribution >= 0.6 is 11.3 Å². The lowest BCUT2D eigenvalue weighted by Gasteiger charge is -2.13. The minimum atomic E-state index is -0.240. The van der Waals surface area contributed by atoms with E-state index in [4.69, 9.17) is 9.47 Å². The van der Waals surface area contributed by atoms with Gasteiger partial charge in [-0.3, -0.25) is 4.79 Å². The Morgan fingerprint density at radius 2 is 2.14 bits per heavy atom. The first kappa shape index (κ1) is 14.9. The summed E-state index contributed by atoms with van der Waals surface area (Å²) in [6.07, 6.45) is 0. The van der Waals surface area contributed by atoms with Gasteiger partial charge in [-0.15, -0.1) is 11.3 Å². The number of benzene rings is 1. The van der Waals surface area contributed by atoms with Crippen LogP contribution in [0.25, 0.3) is 0 Å². The highest BCUT2D eigenvalue weighted by Crippen LogP contribution is 2.32. The lowest BCUT2D eigenvalue weighted by Crippen LogP contribution is -2.41. The van der Waals surface area contributed by atoms with E-state index >= 15 is 0 Å². The van der Waals surface area contributed by atoms with Gasteiger partial charge in [-0.05, 0) is 36.1 Å². The van der Waals surface area contributed by atoms with E-state index in [2.05, 4.69) is 16.7 Å². The van der Waals surface area contributed by atoms with Gasteiger partial charge in [0, 0.05) is 18.0 Å². The first-order valence-corrected chi connectivity index (χ1v) is 8.02. The molecule has 6 heteroatoms. The number of carbonyl (C=O) groups is 1. The quantitative estimate of drug-likeness (QED) is 0.858. The average Bonchev–Trinajstić information content (AvgIpc) is 3.20. The Bertz CT molecular complexity index is 643. The van der Waals surface area contributed by atoms with Crippen molar-refractivity contribution in [1.29, 1.82) is 0 Å². The highest BCUT2D eigenvalue weighted by Gasteiger charge is 2.15. The molecule has 116 valence electrons. The van der Waals surface area contributed by atoms with Crippen LogP contribution in [0.1, 0.15) is 17.4 Å². The van der Waals surface area contributed by atoms with Crippen molar-refractivity contribution in [2.24, 2.45) is 0 Å². The van der Waals surface area contributed by atoms with Gasteiger partial charge < -0.3 is 20.1 Å². The molecule has 0 radical (unpaired) electrons. The molecule has 1 aromatic carbocycles. The molecule has 2 N–H and O–H groups in total. The number of rotatable bonds is 6. The molecule has 5 nitrogen and oxygen atoms in total. The van der Waals surface area contributed by atoms with Gasteiger partial charge in [0.15, 0.2) is 11.5 Å². The molecule has 22 heavy (non-hydrogen) atoms. The molecular weight excluding hydrogens is 300 g/mol. The molecule has 1 unspecified atom stereocenters. The molecule has 3 rings (SSSR count). The van der Waals surface area contributed by atoms with E-state index in [0.29, 0.717) is 13.1 Å². The summed E-state index contributed by atoms with van der Waals surface area (Å²) in [7, 11) is 0. The van der Waals surface area contributed by atoms with Gasteiger partial charge in [-0.2, -0.15) is 0 Å². The van der Waals surface area contributed by atoms with Crippen LogP contribution in [-0.2, 0) is 17.9 Å². The molecular formula is C16H18N2O3S. The van der Waals surface area contributed by atoms with E-state index in [9.17, 15) is 4.79 Å². The predicted molar refractivity (Wildman–Crippen MR) is 85.0 cm³/mol. The Morgan fingerprint density at radius 3 is 2.95 bits per heavy atom. The van der Waals surface area contributed by atoms with Crippen molar-refractivity contribution in [3.05, 3.63) is 46.2 Å². The largest absolute Gasteiger partial charge is 0.454 e. The first-order valence-electron chi connectivity index (χ1n) is 7.14. The van der Waals surface area contributed by atoms with Crippen molar-refractivity contribution < 1.29 is 14.3 Å². The molecule has 1 aromatic heterocycles. The Kier molecular flexibility index (Phi) is 4.60. The molecule has 0 bridgehead atoms. The Balaban J connectivity index is 1.47. The lowest BCUT2D eigenvalue weighted by molar-refractivity contribution is -0.122. The van der Waals surface area contributed by atoms with Crippen LogP contribution in [0.15, 0.2) is 35.7 Å². The fraction of sp³-hybridized carbons (Fsp3) is 0.312. The predicted octanol–water partition coefficient (Wildman–Crippen LogP) is 2.27. The molecule has 2 heterocycles. The molecule has 0 saturated carbocycles. The number of thiophene rings is 1. The molecule has 1 atom stereocenters. The first-order chi connectivity index (χ1) is 10.7. The highest BCUT2D eigenvalue weighted by atomic mass is 32.1. The van der Waals surface area contributed by atoms with Gasteiger partial charge >= 0.3 is 0 Å². The summed E-state index contributed by atoms with van der Waals surface area (Å²) in [6.45, 7) is 3.30. The van der Waals surface area contributed by atoms with Crippen molar-refractivity contribution >= 4 is 17.2 Å². The van der Waals surface area contributed by atoms with Crippen LogP contribution in [-0.4, -0.2) is 18.7 Å². The summed E-state index contributed by atoms with van der Waals surface area (Å²) in [4.78, 5) is 13.3. The number of hydrogen-bond acceptors (Lipinski definition) is 5. The van der Waals surface area contributed by atoms with Gasteiger partial charge in [0.05, 0.1) is 6.04 Å². The number of ether oxygens (including phenoxy) is 2. The Hall–Kier alpha value is -2.05. The third kappa shape index (κ3) is 3.58. The monoisotopic (exact) mass is 318 g/mol. The summed E-state index contributed by atoms with van der Waals surface area (Å²) in [5.74, 6) is 1.46. The van der Waals surface area contributed by atoms with Crippen LogP contribution in [0, 0.1) is 0 Å². The van der Waals surface area contributed by atoms with Gasteiger partial charge in [0.25, 0.3) is 0 Å². The average molecular weight is 318 g/mol. The topological polar surface area (TPSA) is 59.6 Å². The van der Waals surface area contributed by atoms with E-state index in [1.165, 1.54) is 4.88 Å². The summed E-state index contributed by atoms with van der Waals surface area (Å²) < 4.78 is 10.6. The number of fused-ring (bicyclic) bond motifs is 1. The third-order valence-corrected chi connectivity index (χ3v) is 4.34. The number of carbonyl (C=O) groups excluding carboxylic acids is 1. The maximum absolute atomic E-state index is 12.1. The number of nitrogens with one attached hydrogen (secondary N) is 2. The molecule has 0 fully saturated rings. The maximum atomic E-state index is 12.1. The van der Waals surface area contributed by atoms with Crippen molar-refractivity contribution in [2.45, 2.75) is 26.1 Å². The van der Waals surface area contributed by atoms with E-state index in [0.717, 1.165) is 17.1 Å². The normalized spacial score (nSPS) is 13.9. The zero-order valence-electron chi connectivity index (χ0n) is 12.3. The molecule has 1 aliphatic heterocycles. The zero-order chi connectivity index (χ0) is 15.4. The fourth-order valence-corrected chi connectivity index (χ4v) is 2.81. The Labute approximate surface area is 133 Å². The standard InChI is InChI=1S/C16H18N2O3S/c1-11(17-9-13-3-2-6-22-13)16(19)18-8-12-4-5-14-15(7-12)21-10-20-14/h2-7,11,17H,8-10H2,1H3,(H,18,19). The molecule has 0 spiro atoms. The molecule has 0 aliphatic carbocycles. The highest BCUT2D eigenvalue weighted by molar-refractivity contribution is 7.09. The summed E-state index contributed by atoms with van der Waals surface area (Å²) in [5.41, 5.74) is 0.989. The van der Waals surface area contributed by atoms with Gasteiger partial charge in [0.1, 0.15) is 0 Å². The second-order valence-electron chi connectivity index (χ2n) is 5.09. The van der Waals surface area contributed by atoms with Crippen molar-refractivity contribution in [2.75, 3.05) is 6.79 Å². The summed E-state index contributed by atoms with van der Waals surface area (Å²) in [5, 5.41) is 8.17. The molecule has 1 amide bonds. The SMILES string of the molecule is CC(NCc1cccs1)C(=O)NCc1ccc2c(c1)OCO2. The van der Waals surface area contributed by atoms with Gasteiger partial charge in [-0.1, -0.05) is 12.1 Å². The van der Waals surface area contributed by atoms with E-state index in [1.54, 1.807) is 11.3 Å².